The molecule has 45 heavy (non-hydrogen) atoms. The normalized spacial score (nSPS) is 13.2. The first-order valence-electron chi connectivity index (χ1n) is 13.6. The van der Waals surface area contributed by atoms with Gasteiger partial charge in [-0.1, -0.05) is 66.7 Å². The molecule has 0 aliphatic carbocycles. The number of phosphoric acid groups is 1. The number of halogens is 3. The number of hydrogen-bond acceptors (Lipinski definition) is 8. The molecule has 14 heteroatoms. The number of hydrogen-bond donors (Lipinski definition) is 1. The van der Waals surface area contributed by atoms with E-state index in [1.54, 1.807) is 66.9 Å². The van der Waals surface area contributed by atoms with Crippen LogP contribution in [0.3, 0.4) is 0 Å². The van der Waals surface area contributed by atoms with Crippen LogP contribution < -0.4 is 14.4 Å². The molecule has 4 aromatic rings. The van der Waals surface area contributed by atoms with E-state index in [4.69, 9.17) is 13.6 Å². The Labute approximate surface area is 258 Å². The standard InChI is InChI=1S/C31H30F3N2O7PS/c1-45(39,40)19-18-25-17-16-24(21-35-25)22-12-14-23(15-13-22)29(28(20-32)36-31(37)30(33)34)43-44(38,41-26-8-4-2-5-9-26)42-27-10-6-3-7-11-27/h2-17,21,28-30H,18-20H2,1H3,(H,36,37)/t28-,29-/m1/s1. The van der Waals surface area contributed by atoms with Gasteiger partial charge in [0.2, 0.25) is 0 Å². The number of rotatable bonds is 15. The zero-order valence-corrected chi connectivity index (χ0v) is 25.7. The summed E-state index contributed by atoms with van der Waals surface area (Å²) in [6.07, 6.45) is -2.09. The molecule has 0 bridgehead atoms. The predicted octanol–water partition coefficient (Wildman–Crippen LogP) is 6.38. The molecule has 0 spiro atoms. The summed E-state index contributed by atoms with van der Waals surface area (Å²) in [7, 11) is -7.82. The van der Waals surface area contributed by atoms with Gasteiger partial charge in [0, 0.05) is 30.1 Å². The van der Waals surface area contributed by atoms with Crippen molar-refractivity contribution in [2.45, 2.75) is 25.0 Å². The minimum Gasteiger partial charge on any atom is -0.395 e. The average molecular weight is 663 g/mol. The van der Waals surface area contributed by atoms with E-state index in [1.165, 1.54) is 36.4 Å². The topological polar surface area (TPSA) is 121 Å². The zero-order valence-electron chi connectivity index (χ0n) is 24.0. The van der Waals surface area contributed by atoms with E-state index in [-0.39, 0.29) is 29.2 Å². The van der Waals surface area contributed by atoms with Gasteiger partial charge in [-0.2, -0.15) is 8.78 Å². The molecule has 1 N–H and O–H groups in total. The Bertz CT molecular complexity index is 1650. The predicted molar refractivity (Wildman–Crippen MR) is 163 cm³/mol. The maximum atomic E-state index is 14.4. The highest BCUT2D eigenvalue weighted by Gasteiger charge is 2.40. The van der Waals surface area contributed by atoms with Crippen molar-refractivity contribution in [1.29, 1.82) is 0 Å². The van der Waals surface area contributed by atoms with Crippen molar-refractivity contribution in [3.63, 3.8) is 0 Å². The van der Waals surface area contributed by atoms with Crippen LogP contribution in [0.4, 0.5) is 13.2 Å². The van der Waals surface area contributed by atoms with Gasteiger partial charge in [-0.3, -0.25) is 14.3 Å². The number of benzene rings is 3. The van der Waals surface area contributed by atoms with Crippen LogP contribution in [0, 0.1) is 0 Å². The van der Waals surface area contributed by atoms with Crippen LogP contribution in [-0.2, 0) is 30.1 Å². The quantitative estimate of drug-likeness (QED) is 0.146. The molecule has 0 saturated carbocycles. The molecule has 0 aliphatic heterocycles. The van der Waals surface area contributed by atoms with Crippen LogP contribution in [0.5, 0.6) is 11.5 Å². The highest BCUT2D eigenvalue weighted by molar-refractivity contribution is 7.90. The molecule has 4 rings (SSSR count). The number of aryl methyl sites for hydroxylation is 1. The Morgan fingerprint density at radius 1 is 0.867 bits per heavy atom. The molecule has 0 unspecified atom stereocenters. The van der Waals surface area contributed by atoms with Crippen LogP contribution in [0.25, 0.3) is 11.1 Å². The lowest BCUT2D eigenvalue weighted by Crippen LogP contribution is -2.44. The lowest BCUT2D eigenvalue weighted by atomic mass is 9.99. The SMILES string of the molecule is CS(=O)(=O)CCc1ccc(-c2ccc([C@@H](OP(=O)(Oc3ccccc3)Oc3ccccc3)[C@@H](CF)NC(=O)C(F)F)cc2)cn1. The third-order valence-electron chi connectivity index (χ3n) is 6.35. The summed E-state index contributed by atoms with van der Waals surface area (Å²) in [5, 5.41) is 1.92. The first-order chi connectivity index (χ1) is 21.4. The second-order valence-electron chi connectivity index (χ2n) is 9.89. The van der Waals surface area contributed by atoms with Crippen molar-refractivity contribution in [3.05, 3.63) is 115 Å². The number of carbonyl (C=O) groups excluding carboxylic acids is 1. The van der Waals surface area contributed by atoms with E-state index in [2.05, 4.69) is 4.98 Å². The maximum Gasteiger partial charge on any atom is 0.588 e. The molecule has 1 aromatic heterocycles. The first kappa shape index (κ1) is 33.7. The van der Waals surface area contributed by atoms with Crippen LogP contribution in [0.2, 0.25) is 0 Å². The summed E-state index contributed by atoms with van der Waals surface area (Å²) >= 11 is 0. The van der Waals surface area contributed by atoms with E-state index in [1.807, 2.05) is 5.32 Å². The lowest BCUT2D eigenvalue weighted by Gasteiger charge is -2.29. The monoisotopic (exact) mass is 662 g/mol. The number of amides is 1. The van der Waals surface area contributed by atoms with Crippen LogP contribution >= 0.6 is 7.82 Å². The second-order valence-corrected chi connectivity index (χ2v) is 13.6. The Kier molecular flexibility index (Phi) is 11.4. The molecule has 0 fully saturated rings. The van der Waals surface area contributed by atoms with Gasteiger partial charge >= 0.3 is 14.2 Å². The fraction of sp³-hybridized carbons (Fsp3) is 0.226. The smallest absolute Gasteiger partial charge is 0.395 e. The fourth-order valence-corrected chi connectivity index (χ4v) is 6.14. The van der Waals surface area contributed by atoms with Crippen molar-refractivity contribution in [2.24, 2.45) is 0 Å². The Balaban J connectivity index is 1.67. The molecule has 0 radical (unpaired) electrons. The second kappa shape index (κ2) is 15.2. The molecule has 1 heterocycles. The Morgan fingerprint density at radius 2 is 1.42 bits per heavy atom. The minimum atomic E-state index is -4.67. The molecule has 1 amide bonds. The third-order valence-corrected chi connectivity index (χ3v) is 8.65. The highest BCUT2D eigenvalue weighted by atomic mass is 32.2. The maximum absolute atomic E-state index is 14.4. The van der Waals surface area contributed by atoms with Crippen molar-refractivity contribution >= 4 is 23.6 Å². The summed E-state index contributed by atoms with van der Waals surface area (Å²) in [6, 6.07) is 23.7. The van der Waals surface area contributed by atoms with Crippen LogP contribution in [0.1, 0.15) is 17.4 Å². The molecule has 9 nitrogen and oxygen atoms in total. The molecule has 0 aliphatic rings. The zero-order chi connectivity index (χ0) is 32.5. The highest BCUT2D eigenvalue weighted by Crippen LogP contribution is 2.53. The Morgan fingerprint density at radius 3 is 1.89 bits per heavy atom. The minimum absolute atomic E-state index is 0.0426. The number of aromatic nitrogens is 1. The van der Waals surface area contributed by atoms with Crippen LogP contribution in [0.15, 0.2) is 103 Å². The summed E-state index contributed by atoms with van der Waals surface area (Å²) in [5.41, 5.74) is 2.07. The molecule has 2 atom stereocenters. The van der Waals surface area contributed by atoms with Gasteiger partial charge in [0.15, 0.2) is 0 Å². The lowest BCUT2D eigenvalue weighted by molar-refractivity contribution is -0.133. The van der Waals surface area contributed by atoms with Crippen molar-refractivity contribution in [3.8, 4) is 22.6 Å². The van der Waals surface area contributed by atoms with E-state index in [0.29, 0.717) is 16.8 Å². The fourth-order valence-electron chi connectivity index (χ4n) is 4.13. The summed E-state index contributed by atoms with van der Waals surface area (Å²) in [6.45, 7) is -1.36. The van der Waals surface area contributed by atoms with E-state index >= 15 is 0 Å². The summed E-state index contributed by atoms with van der Waals surface area (Å²) < 4.78 is 94.9. The van der Waals surface area contributed by atoms with Gasteiger partial charge in [0.05, 0.1) is 11.8 Å². The number of nitrogens with zero attached hydrogens (tertiary/aromatic N) is 1. The number of alkyl halides is 3. The average Bonchev–Trinajstić information content (AvgIpc) is 3.02. The van der Waals surface area contributed by atoms with Gasteiger partial charge in [0.25, 0.3) is 5.91 Å². The third kappa shape index (κ3) is 10.2. The number of phosphoric ester groups is 1. The van der Waals surface area contributed by atoms with E-state index in [0.717, 1.165) is 6.26 Å². The first-order valence-corrected chi connectivity index (χ1v) is 17.1. The van der Waals surface area contributed by atoms with Gasteiger partial charge in [0.1, 0.15) is 34.1 Å². The van der Waals surface area contributed by atoms with Gasteiger partial charge in [-0.05, 0) is 41.5 Å². The van der Waals surface area contributed by atoms with E-state index < -0.39 is 48.8 Å². The van der Waals surface area contributed by atoms with Crippen molar-refractivity contribution in [2.75, 3.05) is 18.7 Å². The number of pyridine rings is 1. The Hall–Kier alpha value is -4.19. The molecular weight excluding hydrogens is 632 g/mol. The van der Waals surface area contributed by atoms with Crippen molar-refractivity contribution in [1.82, 2.24) is 10.3 Å². The number of sulfone groups is 1. The van der Waals surface area contributed by atoms with Gasteiger partial charge in [-0.25, -0.2) is 17.4 Å². The summed E-state index contributed by atoms with van der Waals surface area (Å²) in [4.78, 5) is 16.2. The number of para-hydroxylation sites is 2. The summed E-state index contributed by atoms with van der Waals surface area (Å²) in [5.74, 6) is -1.61. The molecule has 3 aromatic carbocycles. The molecule has 238 valence electrons. The number of carbonyl (C=O) groups is 1. The molecular formula is C31H30F3N2O7PS. The largest absolute Gasteiger partial charge is 0.588 e. The van der Waals surface area contributed by atoms with Gasteiger partial charge < -0.3 is 14.4 Å². The van der Waals surface area contributed by atoms with E-state index in [9.17, 15) is 30.9 Å². The molecule has 0 saturated heterocycles. The number of nitrogens with one attached hydrogen (secondary N) is 1. The van der Waals surface area contributed by atoms with Gasteiger partial charge in [-0.15, -0.1) is 0 Å². The van der Waals surface area contributed by atoms with Crippen molar-refractivity contribution < 1.29 is 44.5 Å². The van der Waals surface area contributed by atoms with Crippen LogP contribution in [-0.4, -0.2) is 50.5 Å².